The molecular formula is C14H29NO2. The predicted octanol–water partition coefficient (Wildman–Crippen LogP) is 2.60. The van der Waals surface area contributed by atoms with Crippen LogP contribution in [0.5, 0.6) is 0 Å². The molecule has 0 bridgehead atoms. The number of rotatable bonds is 8. The quantitative estimate of drug-likeness (QED) is 0.711. The molecule has 1 aliphatic rings. The van der Waals surface area contributed by atoms with Gasteiger partial charge in [0.1, 0.15) is 0 Å². The van der Waals surface area contributed by atoms with E-state index in [9.17, 15) is 0 Å². The Kier molecular flexibility index (Phi) is 7.82. The maximum absolute atomic E-state index is 5.94. The molecule has 1 heterocycles. The second kappa shape index (κ2) is 8.90. The maximum Gasteiger partial charge on any atom is 0.0561 e. The second-order valence-electron chi connectivity index (χ2n) is 5.29. The lowest BCUT2D eigenvalue weighted by Crippen LogP contribution is -2.31. The first-order chi connectivity index (χ1) is 8.22. The maximum atomic E-state index is 5.94. The summed E-state index contributed by atoms with van der Waals surface area (Å²) in [4.78, 5) is 0. The van der Waals surface area contributed by atoms with Gasteiger partial charge in [-0.15, -0.1) is 0 Å². The SMILES string of the molecule is CCCNC(C)CC(C)OCC1CCOCC1. The minimum atomic E-state index is 0.359. The largest absolute Gasteiger partial charge is 0.381 e. The standard InChI is InChI=1S/C14H29NO2/c1-4-7-15-12(2)10-13(3)17-11-14-5-8-16-9-6-14/h12-15H,4-11H2,1-3H3. The number of hydrogen-bond acceptors (Lipinski definition) is 3. The van der Waals surface area contributed by atoms with E-state index in [1.807, 2.05) is 0 Å². The van der Waals surface area contributed by atoms with Crippen molar-refractivity contribution in [3.8, 4) is 0 Å². The summed E-state index contributed by atoms with van der Waals surface area (Å²) in [6.45, 7) is 10.5. The van der Waals surface area contributed by atoms with Gasteiger partial charge in [0.2, 0.25) is 0 Å². The molecule has 0 radical (unpaired) electrons. The Morgan fingerprint density at radius 1 is 1.29 bits per heavy atom. The van der Waals surface area contributed by atoms with Gasteiger partial charge in [-0.3, -0.25) is 0 Å². The van der Waals surface area contributed by atoms with Crippen molar-refractivity contribution in [2.24, 2.45) is 5.92 Å². The third kappa shape index (κ3) is 7.02. The van der Waals surface area contributed by atoms with E-state index in [2.05, 4.69) is 26.1 Å². The van der Waals surface area contributed by atoms with Crippen LogP contribution in [0.25, 0.3) is 0 Å². The summed E-state index contributed by atoms with van der Waals surface area (Å²) < 4.78 is 11.3. The van der Waals surface area contributed by atoms with Gasteiger partial charge in [-0.1, -0.05) is 6.92 Å². The van der Waals surface area contributed by atoms with Gasteiger partial charge in [0, 0.05) is 25.9 Å². The van der Waals surface area contributed by atoms with Crippen molar-refractivity contribution in [2.75, 3.05) is 26.4 Å². The van der Waals surface area contributed by atoms with Crippen molar-refractivity contribution in [2.45, 2.75) is 58.6 Å². The molecule has 1 N–H and O–H groups in total. The van der Waals surface area contributed by atoms with Crippen LogP contribution < -0.4 is 5.32 Å². The summed E-state index contributed by atoms with van der Waals surface area (Å²) >= 11 is 0. The Labute approximate surface area is 106 Å². The molecule has 2 unspecified atom stereocenters. The summed E-state index contributed by atoms with van der Waals surface area (Å²) in [7, 11) is 0. The Morgan fingerprint density at radius 3 is 2.65 bits per heavy atom. The van der Waals surface area contributed by atoms with Gasteiger partial charge in [-0.2, -0.15) is 0 Å². The Bertz CT molecular complexity index is 181. The molecular weight excluding hydrogens is 214 g/mol. The van der Waals surface area contributed by atoms with E-state index in [0.29, 0.717) is 18.1 Å². The minimum absolute atomic E-state index is 0.359. The van der Waals surface area contributed by atoms with Crippen LogP contribution in [0.3, 0.4) is 0 Å². The lowest BCUT2D eigenvalue weighted by atomic mass is 10.0. The third-order valence-electron chi connectivity index (χ3n) is 3.39. The zero-order chi connectivity index (χ0) is 12.5. The fourth-order valence-electron chi connectivity index (χ4n) is 2.25. The number of nitrogens with one attached hydrogen (secondary N) is 1. The van der Waals surface area contributed by atoms with Crippen molar-refractivity contribution in [3.63, 3.8) is 0 Å². The topological polar surface area (TPSA) is 30.5 Å². The van der Waals surface area contributed by atoms with Gasteiger partial charge in [0.15, 0.2) is 0 Å². The van der Waals surface area contributed by atoms with E-state index >= 15 is 0 Å². The summed E-state index contributed by atoms with van der Waals surface area (Å²) in [5.74, 6) is 0.713. The van der Waals surface area contributed by atoms with Crippen molar-refractivity contribution < 1.29 is 9.47 Å². The van der Waals surface area contributed by atoms with Crippen LogP contribution in [0.15, 0.2) is 0 Å². The molecule has 1 rings (SSSR count). The summed E-state index contributed by atoms with van der Waals surface area (Å²) in [6.07, 6.45) is 4.98. The van der Waals surface area contributed by atoms with Gasteiger partial charge in [0.25, 0.3) is 0 Å². The molecule has 1 fully saturated rings. The molecule has 102 valence electrons. The van der Waals surface area contributed by atoms with E-state index in [-0.39, 0.29) is 0 Å². The van der Waals surface area contributed by atoms with Gasteiger partial charge >= 0.3 is 0 Å². The number of hydrogen-bond donors (Lipinski definition) is 1. The lowest BCUT2D eigenvalue weighted by Gasteiger charge is -2.25. The fraction of sp³-hybridized carbons (Fsp3) is 1.00. The minimum Gasteiger partial charge on any atom is -0.381 e. The summed E-state index contributed by atoms with van der Waals surface area (Å²) in [6, 6.07) is 0.555. The molecule has 1 saturated heterocycles. The summed E-state index contributed by atoms with van der Waals surface area (Å²) in [5.41, 5.74) is 0. The van der Waals surface area contributed by atoms with Crippen LogP contribution in [0.2, 0.25) is 0 Å². The first-order valence-corrected chi connectivity index (χ1v) is 7.15. The Hall–Kier alpha value is -0.120. The van der Waals surface area contributed by atoms with Gasteiger partial charge in [0.05, 0.1) is 6.10 Å². The van der Waals surface area contributed by atoms with Gasteiger partial charge in [-0.05, 0) is 52.0 Å². The molecule has 0 amide bonds. The highest BCUT2D eigenvalue weighted by Gasteiger charge is 2.16. The smallest absolute Gasteiger partial charge is 0.0561 e. The van der Waals surface area contributed by atoms with Crippen LogP contribution in [0.4, 0.5) is 0 Å². The molecule has 17 heavy (non-hydrogen) atoms. The highest BCUT2D eigenvalue weighted by Crippen LogP contribution is 2.16. The molecule has 0 aliphatic carbocycles. The lowest BCUT2D eigenvalue weighted by molar-refractivity contribution is -0.00952. The van der Waals surface area contributed by atoms with E-state index in [0.717, 1.165) is 45.6 Å². The molecule has 0 aromatic heterocycles. The Balaban J connectivity index is 2.05. The van der Waals surface area contributed by atoms with Crippen molar-refractivity contribution >= 4 is 0 Å². The average Bonchev–Trinajstić information content (AvgIpc) is 2.35. The molecule has 0 aromatic carbocycles. The van der Waals surface area contributed by atoms with Crippen LogP contribution in [0, 0.1) is 5.92 Å². The molecule has 2 atom stereocenters. The van der Waals surface area contributed by atoms with Crippen molar-refractivity contribution in [1.82, 2.24) is 5.32 Å². The fourth-order valence-corrected chi connectivity index (χ4v) is 2.25. The first-order valence-electron chi connectivity index (χ1n) is 7.15. The van der Waals surface area contributed by atoms with Crippen LogP contribution in [0.1, 0.15) is 46.5 Å². The molecule has 3 nitrogen and oxygen atoms in total. The normalized spacial score (nSPS) is 21.4. The predicted molar refractivity (Wildman–Crippen MR) is 71.3 cm³/mol. The van der Waals surface area contributed by atoms with E-state index < -0.39 is 0 Å². The number of ether oxygens (including phenoxy) is 2. The monoisotopic (exact) mass is 243 g/mol. The van der Waals surface area contributed by atoms with E-state index in [1.165, 1.54) is 6.42 Å². The Morgan fingerprint density at radius 2 is 2.00 bits per heavy atom. The molecule has 0 aromatic rings. The van der Waals surface area contributed by atoms with Crippen LogP contribution in [-0.4, -0.2) is 38.5 Å². The highest BCUT2D eigenvalue weighted by atomic mass is 16.5. The second-order valence-corrected chi connectivity index (χ2v) is 5.29. The zero-order valence-corrected chi connectivity index (χ0v) is 11.7. The first kappa shape index (κ1) is 14.9. The average molecular weight is 243 g/mol. The molecule has 1 aliphatic heterocycles. The highest BCUT2D eigenvalue weighted by molar-refractivity contribution is 4.67. The van der Waals surface area contributed by atoms with Crippen LogP contribution >= 0.6 is 0 Å². The van der Waals surface area contributed by atoms with Gasteiger partial charge < -0.3 is 14.8 Å². The third-order valence-corrected chi connectivity index (χ3v) is 3.39. The van der Waals surface area contributed by atoms with Crippen molar-refractivity contribution in [1.29, 1.82) is 0 Å². The molecule has 0 saturated carbocycles. The van der Waals surface area contributed by atoms with E-state index in [4.69, 9.17) is 9.47 Å². The molecule has 3 heteroatoms. The van der Waals surface area contributed by atoms with Gasteiger partial charge in [-0.25, -0.2) is 0 Å². The van der Waals surface area contributed by atoms with Crippen molar-refractivity contribution in [3.05, 3.63) is 0 Å². The van der Waals surface area contributed by atoms with E-state index in [1.54, 1.807) is 0 Å². The van der Waals surface area contributed by atoms with Crippen LogP contribution in [-0.2, 0) is 9.47 Å². The zero-order valence-electron chi connectivity index (χ0n) is 11.7. The summed E-state index contributed by atoms with van der Waals surface area (Å²) in [5, 5.41) is 3.50. The molecule has 0 spiro atoms.